The maximum absolute atomic E-state index is 12.0. The number of carboxylic acids is 1. The fourth-order valence-corrected chi connectivity index (χ4v) is 1.43. The van der Waals surface area contributed by atoms with Crippen LogP contribution in [0.15, 0.2) is 12.1 Å². The van der Waals surface area contributed by atoms with Gasteiger partial charge >= 0.3 is 12.6 Å². The standard InChI is InChI=1S/C11H12F2O3/c1-6-7(2)9(16-11(12)13)4-3-8(6)5-10(14)15/h3-4,11H,5H2,1-2H3,(H,14,15). The summed E-state index contributed by atoms with van der Waals surface area (Å²) in [7, 11) is 0. The summed E-state index contributed by atoms with van der Waals surface area (Å²) in [5.74, 6) is -0.869. The molecule has 0 saturated heterocycles. The maximum atomic E-state index is 12.0. The van der Waals surface area contributed by atoms with Crippen molar-refractivity contribution in [2.45, 2.75) is 26.9 Å². The fourth-order valence-electron chi connectivity index (χ4n) is 1.43. The zero-order valence-corrected chi connectivity index (χ0v) is 8.96. The van der Waals surface area contributed by atoms with Gasteiger partial charge in [-0.3, -0.25) is 4.79 Å². The van der Waals surface area contributed by atoms with Crippen LogP contribution in [0.2, 0.25) is 0 Å². The first kappa shape index (κ1) is 12.4. The van der Waals surface area contributed by atoms with Crippen molar-refractivity contribution in [3.63, 3.8) is 0 Å². The lowest BCUT2D eigenvalue weighted by Crippen LogP contribution is -2.07. The van der Waals surface area contributed by atoms with E-state index in [9.17, 15) is 13.6 Å². The van der Waals surface area contributed by atoms with Crippen molar-refractivity contribution in [3.05, 3.63) is 28.8 Å². The van der Waals surface area contributed by atoms with E-state index in [0.717, 1.165) is 0 Å². The van der Waals surface area contributed by atoms with Crippen molar-refractivity contribution in [2.75, 3.05) is 0 Å². The third-order valence-corrected chi connectivity index (χ3v) is 2.41. The zero-order chi connectivity index (χ0) is 12.3. The molecule has 1 N–H and O–H groups in total. The van der Waals surface area contributed by atoms with Crippen molar-refractivity contribution in [2.24, 2.45) is 0 Å². The minimum Gasteiger partial charge on any atom is -0.481 e. The number of aliphatic carboxylic acids is 1. The molecular weight excluding hydrogens is 218 g/mol. The van der Waals surface area contributed by atoms with E-state index in [1.807, 2.05) is 0 Å². The number of hydrogen-bond donors (Lipinski definition) is 1. The number of carboxylic acid groups (broad SMARTS) is 1. The van der Waals surface area contributed by atoms with Gasteiger partial charge in [-0.15, -0.1) is 0 Å². The second kappa shape index (κ2) is 4.92. The quantitative estimate of drug-likeness (QED) is 0.864. The van der Waals surface area contributed by atoms with Gasteiger partial charge in [0.05, 0.1) is 6.42 Å². The summed E-state index contributed by atoms with van der Waals surface area (Å²) in [6.45, 7) is 0.438. The molecule has 1 rings (SSSR count). The monoisotopic (exact) mass is 230 g/mol. The van der Waals surface area contributed by atoms with Gasteiger partial charge in [0.1, 0.15) is 5.75 Å². The second-order valence-electron chi connectivity index (χ2n) is 3.42. The molecule has 16 heavy (non-hydrogen) atoms. The first-order valence-electron chi connectivity index (χ1n) is 4.67. The highest BCUT2D eigenvalue weighted by Gasteiger charge is 2.12. The van der Waals surface area contributed by atoms with Crippen LogP contribution in [-0.2, 0) is 11.2 Å². The van der Waals surface area contributed by atoms with Gasteiger partial charge in [0.2, 0.25) is 0 Å². The molecule has 0 saturated carbocycles. The Kier molecular flexibility index (Phi) is 3.82. The maximum Gasteiger partial charge on any atom is 0.387 e. The lowest BCUT2D eigenvalue weighted by atomic mass is 10.0. The van der Waals surface area contributed by atoms with E-state index in [1.54, 1.807) is 13.8 Å². The molecule has 0 amide bonds. The van der Waals surface area contributed by atoms with Crippen LogP contribution in [0.4, 0.5) is 8.78 Å². The Balaban J connectivity index is 3.03. The van der Waals surface area contributed by atoms with Gasteiger partial charge in [0.15, 0.2) is 0 Å². The first-order valence-corrected chi connectivity index (χ1v) is 4.67. The first-order chi connectivity index (χ1) is 7.41. The molecule has 0 aliphatic carbocycles. The minimum absolute atomic E-state index is 0.0849. The lowest BCUT2D eigenvalue weighted by Gasteiger charge is -2.12. The van der Waals surface area contributed by atoms with Crippen LogP contribution in [0, 0.1) is 13.8 Å². The van der Waals surface area contributed by atoms with Crippen LogP contribution in [0.1, 0.15) is 16.7 Å². The Morgan fingerprint density at radius 3 is 2.50 bits per heavy atom. The number of hydrogen-bond acceptors (Lipinski definition) is 2. The molecule has 0 heterocycles. The Bertz CT molecular complexity index is 402. The number of carbonyl (C=O) groups is 1. The molecule has 0 atom stereocenters. The highest BCUT2D eigenvalue weighted by Crippen LogP contribution is 2.25. The number of halogens is 2. The van der Waals surface area contributed by atoms with Crippen molar-refractivity contribution >= 4 is 5.97 Å². The van der Waals surface area contributed by atoms with Crippen LogP contribution in [0.5, 0.6) is 5.75 Å². The third-order valence-electron chi connectivity index (χ3n) is 2.41. The molecule has 0 fully saturated rings. The molecule has 0 aromatic heterocycles. The van der Waals surface area contributed by atoms with E-state index < -0.39 is 12.6 Å². The summed E-state index contributed by atoms with van der Waals surface area (Å²) in [5, 5.41) is 8.65. The van der Waals surface area contributed by atoms with Gasteiger partial charge < -0.3 is 9.84 Å². The van der Waals surface area contributed by atoms with Crippen LogP contribution in [-0.4, -0.2) is 17.7 Å². The number of ether oxygens (including phenoxy) is 1. The largest absolute Gasteiger partial charge is 0.481 e. The Labute approximate surface area is 91.7 Å². The third kappa shape index (κ3) is 2.92. The average molecular weight is 230 g/mol. The van der Waals surface area contributed by atoms with E-state index in [1.165, 1.54) is 12.1 Å². The highest BCUT2D eigenvalue weighted by molar-refractivity contribution is 5.71. The lowest BCUT2D eigenvalue weighted by molar-refractivity contribution is -0.136. The number of rotatable bonds is 4. The SMILES string of the molecule is Cc1c(CC(=O)O)ccc(OC(F)F)c1C. The van der Waals surface area contributed by atoms with Gasteiger partial charge in [-0.1, -0.05) is 6.07 Å². The average Bonchev–Trinajstić information content (AvgIpc) is 2.16. The summed E-state index contributed by atoms with van der Waals surface area (Å²) in [6.07, 6.45) is -0.123. The van der Waals surface area contributed by atoms with E-state index >= 15 is 0 Å². The molecule has 88 valence electrons. The topological polar surface area (TPSA) is 46.5 Å². The molecule has 0 aliphatic rings. The normalized spacial score (nSPS) is 10.6. The molecular formula is C11H12F2O3. The number of benzene rings is 1. The molecule has 1 aromatic carbocycles. The molecule has 0 spiro atoms. The fraction of sp³-hybridized carbons (Fsp3) is 0.364. The predicted octanol–water partition coefficient (Wildman–Crippen LogP) is 2.53. The number of alkyl halides is 2. The molecule has 5 heteroatoms. The van der Waals surface area contributed by atoms with Gasteiger partial charge in [-0.2, -0.15) is 8.78 Å². The molecule has 3 nitrogen and oxygen atoms in total. The molecule has 0 unspecified atom stereocenters. The van der Waals surface area contributed by atoms with Crippen LogP contribution in [0.25, 0.3) is 0 Å². The van der Waals surface area contributed by atoms with E-state index in [4.69, 9.17) is 5.11 Å². The molecule has 0 aliphatic heterocycles. The molecule has 1 aromatic rings. The summed E-state index contributed by atoms with van der Waals surface area (Å²) in [5.41, 5.74) is 1.81. The summed E-state index contributed by atoms with van der Waals surface area (Å²) in [6, 6.07) is 2.86. The van der Waals surface area contributed by atoms with Crippen molar-refractivity contribution < 1.29 is 23.4 Å². The van der Waals surface area contributed by atoms with E-state index in [2.05, 4.69) is 4.74 Å². The minimum atomic E-state index is -2.87. The second-order valence-corrected chi connectivity index (χ2v) is 3.42. The summed E-state index contributed by atoms with van der Waals surface area (Å²) < 4.78 is 28.4. The van der Waals surface area contributed by atoms with Crippen LogP contribution < -0.4 is 4.74 Å². The molecule has 0 radical (unpaired) electrons. The van der Waals surface area contributed by atoms with Crippen molar-refractivity contribution in [1.82, 2.24) is 0 Å². The van der Waals surface area contributed by atoms with E-state index in [-0.39, 0.29) is 12.2 Å². The van der Waals surface area contributed by atoms with E-state index in [0.29, 0.717) is 16.7 Å². The van der Waals surface area contributed by atoms with Gasteiger partial charge in [-0.25, -0.2) is 0 Å². The summed E-state index contributed by atoms with van der Waals surface area (Å²) >= 11 is 0. The van der Waals surface area contributed by atoms with Crippen molar-refractivity contribution in [3.8, 4) is 5.75 Å². The van der Waals surface area contributed by atoms with Gasteiger partial charge in [-0.05, 0) is 36.6 Å². The van der Waals surface area contributed by atoms with Crippen LogP contribution >= 0.6 is 0 Å². The Hall–Kier alpha value is -1.65. The summed E-state index contributed by atoms with van der Waals surface area (Å²) in [4.78, 5) is 10.5. The molecule has 0 bridgehead atoms. The van der Waals surface area contributed by atoms with Gasteiger partial charge in [0, 0.05) is 0 Å². The Morgan fingerprint density at radius 1 is 1.38 bits per heavy atom. The zero-order valence-electron chi connectivity index (χ0n) is 8.96. The van der Waals surface area contributed by atoms with Crippen molar-refractivity contribution in [1.29, 1.82) is 0 Å². The highest BCUT2D eigenvalue weighted by atomic mass is 19.3. The smallest absolute Gasteiger partial charge is 0.387 e. The van der Waals surface area contributed by atoms with Gasteiger partial charge in [0.25, 0.3) is 0 Å². The Morgan fingerprint density at radius 2 is 2.00 bits per heavy atom. The van der Waals surface area contributed by atoms with Crippen LogP contribution in [0.3, 0.4) is 0 Å². The predicted molar refractivity (Wildman–Crippen MR) is 53.9 cm³/mol.